The lowest BCUT2D eigenvalue weighted by atomic mass is 9.76. The number of ether oxygens (including phenoxy) is 2. The van der Waals surface area contributed by atoms with Gasteiger partial charge < -0.3 is 9.47 Å². The Balaban J connectivity index is 2.09. The fourth-order valence-electron chi connectivity index (χ4n) is 3.72. The lowest BCUT2D eigenvalue weighted by Gasteiger charge is -2.46. The molecule has 0 aromatic carbocycles. The van der Waals surface area contributed by atoms with Crippen molar-refractivity contribution in [2.75, 3.05) is 26.8 Å². The van der Waals surface area contributed by atoms with E-state index in [-0.39, 0.29) is 11.5 Å². The average molecular weight is 269 g/mol. The molecule has 2 unspecified atom stereocenters. The first-order chi connectivity index (χ1) is 9.20. The third-order valence-corrected chi connectivity index (χ3v) is 4.66. The second-order valence-electron chi connectivity index (χ2n) is 5.85. The molecule has 0 bridgehead atoms. The van der Waals surface area contributed by atoms with Gasteiger partial charge in [0.25, 0.3) is 0 Å². The first-order valence-corrected chi connectivity index (χ1v) is 7.63. The van der Waals surface area contributed by atoms with E-state index in [0.29, 0.717) is 19.1 Å². The van der Waals surface area contributed by atoms with E-state index in [4.69, 9.17) is 9.47 Å². The maximum Gasteiger partial charge on any atom is 0.307 e. The van der Waals surface area contributed by atoms with Crippen LogP contribution in [0.2, 0.25) is 0 Å². The zero-order chi connectivity index (χ0) is 13.7. The van der Waals surface area contributed by atoms with Crippen molar-refractivity contribution in [3.8, 4) is 0 Å². The normalized spacial score (nSPS) is 32.4. The highest BCUT2D eigenvalue weighted by Crippen LogP contribution is 2.39. The Morgan fingerprint density at radius 1 is 1.32 bits per heavy atom. The molecule has 1 heterocycles. The van der Waals surface area contributed by atoms with Gasteiger partial charge in [-0.25, -0.2) is 0 Å². The number of esters is 1. The molecular weight excluding hydrogens is 242 g/mol. The summed E-state index contributed by atoms with van der Waals surface area (Å²) in [5, 5.41) is 0. The SMILES string of the molecule is CCOC(=O)CC1(N2CCCC2)CCCC(OC)C1. The molecule has 4 nitrogen and oxygen atoms in total. The van der Waals surface area contributed by atoms with Crippen LogP contribution in [0.15, 0.2) is 0 Å². The molecule has 1 aliphatic carbocycles. The van der Waals surface area contributed by atoms with E-state index in [0.717, 1.165) is 38.8 Å². The smallest absolute Gasteiger partial charge is 0.307 e. The van der Waals surface area contributed by atoms with Crippen molar-refractivity contribution in [2.45, 2.75) is 63.5 Å². The molecule has 2 atom stereocenters. The van der Waals surface area contributed by atoms with Crippen LogP contribution < -0.4 is 0 Å². The second kappa shape index (κ2) is 6.71. The first kappa shape index (κ1) is 14.8. The van der Waals surface area contributed by atoms with Crippen LogP contribution in [0.5, 0.6) is 0 Å². The van der Waals surface area contributed by atoms with E-state index in [1.165, 1.54) is 12.8 Å². The molecule has 1 saturated heterocycles. The molecule has 110 valence electrons. The first-order valence-electron chi connectivity index (χ1n) is 7.63. The average Bonchev–Trinajstić information content (AvgIpc) is 2.93. The second-order valence-corrected chi connectivity index (χ2v) is 5.85. The summed E-state index contributed by atoms with van der Waals surface area (Å²) >= 11 is 0. The van der Waals surface area contributed by atoms with Gasteiger partial charge in [-0.1, -0.05) is 0 Å². The molecule has 2 rings (SSSR count). The van der Waals surface area contributed by atoms with Gasteiger partial charge in [0.2, 0.25) is 0 Å². The van der Waals surface area contributed by atoms with Crippen molar-refractivity contribution in [2.24, 2.45) is 0 Å². The minimum absolute atomic E-state index is 0.0122. The van der Waals surface area contributed by atoms with Crippen LogP contribution in [0.25, 0.3) is 0 Å². The quantitative estimate of drug-likeness (QED) is 0.718. The third-order valence-electron chi connectivity index (χ3n) is 4.66. The Labute approximate surface area is 116 Å². The summed E-state index contributed by atoms with van der Waals surface area (Å²) in [6.07, 6.45) is 7.67. The highest BCUT2D eigenvalue weighted by Gasteiger charge is 2.44. The Kier molecular flexibility index (Phi) is 5.22. The van der Waals surface area contributed by atoms with Crippen molar-refractivity contribution >= 4 is 5.97 Å². The number of methoxy groups -OCH3 is 1. The molecule has 2 fully saturated rings. The molecule has 1 aliphatic heterocycles. The number of carbonyl (C=O) groups is 1. The Bertz CT molecular complexity index is 302. The van der Waals surface area contributed by atoms with Crippen LogP contribution in [0, 0.1) is 0 Å². The number of nitrogens with zero attached hydrogens (tertiary/aromatic N) is 1. The fraction of sp³-hybridized carbons (Fsp3) is 0.933. The maximum atomic E-state index is 12.0. The van der Waals surface area contributed by atoms with Gasteiger partial charge in [-0.15, -0.1) is 0 Å². The molecule has 4 heteroatoms. The lowest BCUT2D eigenvalue weighted by molar-refractivity contribution is -0.148. The molecule has 0 amide bonds. The van der Waals surface area contributed by atoms with Gasteiger partial charge in [0, 0.05) is 12.6 Å². The van der Waals surface area contributed by atoms with Gasteiger partial charge in [0.05, 0.1) is 19.1 Å². The summed E-state index contributed by atoms with van der Waals surface area (Å²) in [5.41, 5.74) is -0.0122. The van der Waals surface area contributed by atoms with E-state index >= 15 is 0 Å². The highest BCUT2D eigenvalue weighted by atomic mass is 16.5. The zero-order valence-electron chi connectivity index (χ0n) is 12.3. The van der Waals surface area contributed by atoms with Gasteiger partial charge in [-0.05, 0) is 58.5 Å². The van der Waals surface area contributed by atoms with Crippen LogP contribution in [0.1, 0.15) is 51.9 Å². The summed E-state index contributed by atoms with van der Waals surface area (Å²) < 4.78 is 10.8. The standard InChI is InChI=1S/C15H27NO3/c1-3-19-14(17)12-15(16-9-4-5-10-16)8-6-7-13(11-15)18-2/h13H,3-12H2,1-2H3. The summed E-state index contributed by atoms with van der Waals surface area (Å²) in [4.78, 5) is 14.5. The predicted molar refractivity (Wildman–Crippen MR) is 74.1 cm³/mol. The molecule has 0 N–H and O–H groups in total. The van der Waals surface area contributed by atoms with Crippen molar-refractivity contribution in [1.82, 2.24) is 4.90 Å². The van der Waals surface area contributed by atoms with Crippen LogP contribution in [0.4, 0.5) is 0 Å². The van der Waals surface area contributed by atoms with E-state index < -0.39 is 0 Å². The van der Waals surface area contributed by atoms with Crippen LogP contribution >= 0.6 is 0 Å². The van der Waals surface area contributed by atoms with Crippen molar-refractivity contribution in [3.63, 3.8) is 0 Å². The maximum absolute atomic E-state index is 12.0. The van der Waals surface area contributed by atoms with Crippen LogP contribution in [-0.2, 0) is 14.3 Å². The van der Waals surface area contributed by atoms with Gasteiger partial charge in [0.15, 0.2) is 0 Å². The molecular formula is C15H27NO3. The Morgan fingerprint density at radius 3 is 2.68 bits per heavy atom. The van der Waals surface area contributed by atoms with E-state index in [1.54, 1.807) is 7.11 Å². The van der Waals surface area contributed by atoms with E-state index in [1.807, 2.05) is 6.92 Å². The summed E-state index contributed by atoms with van der Waals surface area (Å²) in [6.45, 7) is 4.59. The molecule has 1 saturated carbocycles. The topological polar surface area (TPSA) is 38.8 Å². The van der Waals surface area contributed by atoms with Gasteiger partial charge in [-0.3, -0.25) is 9.69 Å². The fourth-order valence-corrected chi connectivity index (χ4v) is 3.72. The summed E-state index contributed by atoms with van der Waals surface area (Å²) in [7, 11) is 1.79. The molecule has 0 radical (unpaired) electrons. The molecule has 0 aromatic heterocycles. The predicted octanol–water partition coefficient (Wildman–Crippen LogP) is 2.36. The van der Waals surface area contributed by atoms with Gasteiger partial charge in [0.1, 0.15) is 0 Å². The van der Waals surface area contributed by atoms with Crippen molar-refractivity contribution in [1.29, 1.82) is 0 Å². The third kappa shape index (κ3) is 3.48. The zero-order valence-corrected chi connectivity index (χ0v) is 12.3. The monoisotopic (exact) mass is 269 g/mol. The van der Waals surface area contributed by atoms with Crippen LogP contribution in [0.3, 0.4) is 0 Å². The molecule has 2 aliphatic rings. The number of hydrogen-bond donors (Lipinski definition) is 0. The summed E-state index contributed by atoms with van der Waals surface area (Å²) in [6, 6.07) is 0. The Morgan fingerprint density at radius 2 is 2.05 bits per heavy atom. The molecule has 19 heavy (non-hydrogen) atoms. The number of likely N-dealkylation sites (tertiary alicyclic amines) is 1. The molecule has 0 spiro atoms. The van der Waals surface area contributed by atoms with Crippen molar-refractivity contribution in [3.05, 3.63) is 0 Å². The summed E-state index contributed by atoms with van der Waals surface area (Å²) in [5.74, 6) is -0.0499. The van der Waals surface area contributed by atoms with Gasteiger partial charge >= 0.3 is 5.97 Å². The minimum Gasteiger partial charge on any atom is -0.466 e. The van der Waals surface area contributed by atoms with Crippen LogP contribution in [-0.4, -0.2) is 49.3 Å². The lowest BCUT2D eigenvalue weighted by Crippen LogP contribution is -2.53. The minimum atomic E-state index is -0.0499. The van der Waals surface area contributed by atoms with E-state index in [2.05, 4.69) is 4.90 Å². The number of rotatable bonds is 5. The Hall–Kier alpha value is -0.610. The van der Waals surface area contributed by atoms with Crippen molar-refractivity contribution < 1.29 is 14.3 Å². The highest BCUT2D eigenvalue weighted by molar-refractivity contribution is 5.71. The largest absolute Gasteiger partial charge is 0.466 e. The molecule has 0 aromatic rings. The number of hydrogen-bond acceptors (Lipinski definition) is 4. The van der Waals surface area contributed by atoms with Gasteiger partial charge in [-0.2, -0.15) is 0 Å². The number of carbonyl (C=O) groups excluding carboxylic acids is 1. The van der Waals surface area contributed by atoms with E-state index in [9.17, 15) is 4.79 Å².